The monoisotopic (exact) mass is 458 g/mol. The van der Waals surface area contributed by atoms with Crippen molar-refractivity contribution in [3.05, 3.63) is 35.4 Å². The molecule has 140 valence electrons. The Balaban J connectivity index is 0.00000225. The van der Waals surface area contributed by atoms with Crippen LogP contribution in [0.5, 0.6) is 0 Å². The van der Waals surface area contributed by atoms with Gasteiger partial charge in [0, 0.05) is 19.6 Å². The molecular formula is C19H31IN4O. The quantitative estimate of drug-likeness (QED) is 0.429. The van der Waals surface area contributed by atoms with Crippen LogP contribution < -0.4 is 5.73 Å². The highest BCUT2D eigenvalue weighted by atomic mass is 127. The molecule has 2 N–H and O–H groups in total. The highest BCUT2D eigenvalue weighted by Crippen LogP contribution is 2.17. The van der Waals surface area contributed by atoms with E-state index in [1.807, 2.05) is 0 Å². The molecule has 2 saturated heterocycles. The van der Waals surface area contributed by atoms with Crippen LogP contribution in [0.3, 0.4) is 0 Å². The number of ether oxygens (including phenoxy) is 1. The van der Waals surface area contributed by atoms with E-state index in [0.29, 0.717) is 12.5 Å². The van der Waals surface area contributed by atoms with Crippen molar-refractivity contribution < 1.29 is 4.74 Å². The molecule has 0 aliphatic carbocycles. The van der Waals surface area contributed by atoms with Crippen molar-refractivity contribution >= 4 is 29.9 Å². The van der Waals surface area contributed by atoms with E-state index in [-0.39, 0.29) is 24.0 Å². The zero-order chi connectivity index (χ0) is 16.6. The Morgan fingerprint density at radius 2 is 1.60 bits per heavy atom. The summed E-state index contributed by atoms with van der Waals surface area (Å²) in [5.74, 6) is 0.642. The van der Waals surface area contributed by atoms with E-state index in [2.05, 4.69) is 39.1 Å². The molecule has 2 aliphatic heterocycles. The predicted octanol–water partition coefficient (Wildman–Crippen LogP) is 2.83. The lowest BCUT2D eigenvalue weighted by atomic mass is 10.1. The second-order valence-corrected chi connectivity index (χ2v) is 6.73. The van der Waals surface area contributed by atoms with Gasteiger partial charge in [-0.2, -0.15) is 0 Å². The number of aliphatic imine (C=N–C) groups is 1. The number of likely N-dealkylation sites (tertiary alicyclic amines) is 1. The van der Waals surface area contributed by atoms with Crippen LogP contribution >= 0.6 is 24.0 Å². The number of rotatable bonds is 4. The average molecular weight is 458 g/mol. The van der Waals surface area contributed by atoms with Gasteiger partial charge in [0.1, 0.15) is 0 Å². The van der Waals surface area contributed by atoms with Crippen molar-refractivity contribution in [3.63, 3.8) is 0 Å². The predicted molar refractivity (Wildman–Crippen MR) is 113 cm³/mol. The van der Waals surface area contributed by atoms with Crippen LogP contribution in [0.4, 0.5) is 0 Å². The number of nitrogens with two attached hydrogens (primary N) is 1. The van der Waals surface area contributed by atoms with Crippen LogP contribution in [0.1, 0.15) is 36.8 Å². The highest BCUT2D eigenvalue weighted by molar-refractivity contribution is 14.0. The van der Waals surface area contributed by atoms with Crippen LogP contribution in [-0.2, 0) is 17.8 Å². The number of morpholine rings is 1. The molecule has 1 aromatic carbocycles. The molecule has 0 atom stereocenters. The van der Waals surface area contributed by atoms with Gasteiger partial charge in [-0.3, -0.25) is 4.90 Å². The van der Waals surface area contributed by atoms with Gasteiger partial charge in [-0.05, 0) is 37.1 Å². The molecule has 2 heterocycles. The zero-order valence-electron chi connectivity index (χ0n) is 15.0. The second kappa shape index (κ2) is 11.0. The molecule has 0 unspecified atom stereocenters. The number of benzene rings is 1. The first-order chi connectivity index (χ1) is 11.8. The molecule has 3 rings (SSSR count). The summed E-state index contributed by atoms with van der Waals surface area (Å²) in [4.78, 5) is 9.33. The van der Waals surface area contributed by atoms with Crippen molar-refractivity contribution in [2.45, 2.75) is 38.8 Å². The minimum Gasteiger partial charge on any atom is -0.378 e. The lowest BCUT2D eigenvalue weighted by Gasteiger charge is -2.27. The lowest BCUT2D eigenvalue weighted by Crippen LogP contribution is -2.44. The van der Waals surface area contributed by atoms with Crippen LogP contribution in [0.15, 0.2) is 29.3 Å². The summed E-state index contributed by atoms with van der Waals surface area (Å²) in [7, 11) is 0. The smallest absolute Gasteiger partial charge is 0.191 e. The SMILES string of the molecule is I.NC(=NCc1ccccc1CN1CCCCCC1)N1CCOCC1. The van der Waals surface area contributed by atoms with Gasteiger partial charge in [0.25, 0.3) is 0 Å². The van der Waals surface area contributed by atoms with Crippen LogP contribution in [0.2, 0.25) is 0 Å². The van der Waals surface area contributed by atoms with Crippen molar-refractivity contribution in [2.24, 2.45) is 10.7 Å². The van der Waals surface area contributed by atoms with Crippen LogP contribution in [-0.4, -0.2) is 55.2 Å². The fourth-order valence-corrected chi connectivity index (χ4v) is 3.46. The summed E-state index contributed by atoms with van der Waals surface area (Å²) in [5, 5.41) is 0. The van der Waals surface area contributed by atoms with Gasteiger partial charge in [-0.1, -0.05) is 37.1 Å². The maximum Gasteiger partial charge on any atom is 0.191 e. The molecule has 5 nitrogen and oxygen atoms in total. The number of hydrogen-bond acceptors (Lipinski definition) is 3. The van der Waals surface area contributed by atoms with Crippen molar-refractivity contribution in [3.8, 4) is 0 Å². The molecule has 0 spiro atoms. The molecule has 0 radical (unpaired) electrons. The molecule has 1 aromatic rings. The fraction of sp³-hybridized carbons (Fsp3) is 0.632. The summed E-state index contributed by atoms with van der Waals surface area (Å²) < 4.78 is 5.37. The average Bonchev–Trinajstić information content (AvgIpc) is 2.90. The van der Waals surface area contributed by atoms with E-state index < -0.39 is 0 Å². The molecule has 0 aromatic heterocycles. The summed E-state index contributed by atoms with van der Waals surface area (Å²) in [5.41, 5.74) is 8.84. The van der Waals surface area contributed by atoms with E-state index in [1.165, 1.54) is 49.9 Å². The van der Waals surface area contributed by atoms with Gasteiger partial charge in [-0.15, -0.1) is 24.0 Å². The first kappa shape index (κ1) is 20.5. The molecular weight excluding hydrogens is 427 g/mol. The molecule has 0 saturated carbocycles. The van der Waals surface area contributed by atoms with E-state index in [0.717, 1.165) is 32.8 Å². The van der Waals surface area contributed by atoms with Gasteiger partial charge in [0.15, 0.2) is 5.96 Å². The Bertz CT molecular complexity index is 538. The molecule has 2 fully saturated rings. The van der Waals surface area contributed by atoms with Crippen molar-refractivity contribution in [1.29, 1.82) is 0 Å². The van der Waals surface area contributed by atoms with E-state index in [9.17, 15) is 0 Å². The molecule has 6 heteroatoms. The third kappa shape index (κ3) is 6.42. The van der Waals surface area contributed by atoms with E-state index in [1.54, 1.807) is 0 Å². The molecule has 2 aliphatic rings. The maximum atomic E-state index is 6.16. The molecule has 0 bridgehead atoms. The van der Waals surface area contributed by atoms with Crippen molar-refractivity contribution in [1.82, 2.24) is 9.80 Å². The molecule has 0 amide bonds. The van der Waals surface area contributed by atoms with Gasteiger partial charge in [0.2, 0.25) is 0 Å². The Morgan fingerprint density at radius 1 is 0.960 bits per heavy atom. The Labute approximate surface area is 168 Å². The normalized spacial score (nSPS) is 20.0. The topological polar surface area (TPSA) is 54.1 Å². The first-order valence-electron chi connectivity index (χ1n) is 9.25. The second-order valence-electron chi connectivity index (χ2n) is 6.73. The summed E-state index contributed by atoms with van der Waals surface area (Å²) in [6, 6.07) is 8.65. The van der Waals surface area contributed by atoms with Crippen molar-refractivity contribution in [2.75, 3.05) is 39.4 Å². The third-order valence-corrected chi connectivity index (χ3v) is 4.96. The summed E-state index contributed by atoms with van der Waals surface area (Å²) >= 11 is 0. The third-order valence-electron chi connectivity index (χ3n) is 4.96. The molecule has 25 heavy (non-hydrogen) atoms. The Kier molecular flexibility index (Phi) is 8.98. The number of hydrogen-bond donors (Lipinski definition) is 1. The van der Waals surface area contributed by atoms with E-state index >= 15 is 0 Å². The van der Waals surface area contributed by atoms with Gasteiger partial charge < -0.3 is 15.4 Å². The van der Waals surface area contributed by atoms with Crippen LogP contribution in [0, 0.1) is 0 Å². The number of guanidine groups is 1. The standard InChI is InChI=1S/C19H30N4O.HI/c20-19(23-11-13-24-14-12-23)21-15-17-7-3-4-8-18(17)16-22-9-5-1-2-6-10-22;/h3-4,7-8H,1-2,5-6,9-16H2,(H2,20,21);1H. The largest absolute Gasteiger partial charge is 0.378 e. The number of halogens is 1. The van der Waals surface area contributed by atoms with E-state index in [4.69, 9.17) is 10.5 Å². The first-order valence-corrected chi connectivity index (χ1v) is 9.25. The zero-order valence-corrected chi connectivity index (χ0v) is 17.4. The fourth-order valence-electron chi connectivity index (χ4n) is 3.46. The Hall–Kier alpha value is -0.860. The minimum absolute atomic E-state index is 0. The van der Waals surface area contributed by atoms with Gasteiger partial charge in [-0.25, -0.2) is 4.99 Å². The van der Waals surface area contributed by atoms with Gasteiger partial charge in [0.05, 0.1) is 19.8 Å². The Morgan fingerprint density at radius 3 is 2.28 bits per heavy atom. The van der Waals surface area contributed by atoms with Crippen LogP contribution in [0.25, 0.3) is 0 Å². The minimum atomic E-state index is 0. The number of nitrogens with zero attached hydrogens (tertiary/aromatic N) is 3. The van der Waals surface area contributed by atoms with Gasteiger partial charge >= 0.3 is 0 Å². The maximum absolute atomic E-state index is 6.16. The highest BCUT2D eigenvalue weighted by Gasteiger charge is 2.13. The summed E-state index contributed by atoms with van der Waals surface area (Å²) in [6.07, 6.45) is 5.39. The lowest BCUT2D eigenvalue weighted by molar-refractivity contribution is 0.0674. The summed E-state index contributed by atoms with van der Waals surface area (Å²) in [6.45, 7) is 7.27.